The highest BCUT2D eigenvalue weighted by molar-refractivity contribution is 5.95. The van der Waals surface area contributed by atoms with Gasteiger partial charge in [-0.05, 0) is 50.5 Å². The molecule has 142 valence electrons. The third-order valence-electron chi connectivity index (χ3n) is 5.86. The molecule has 5 heteroatoms. The molecule has 4 rings (SSSR count). The lowest BCUT2D eigenvalue weighted by Gasteiger charge is -2.27. The summed E-state index contributed by atoms with van der Waals surface area (Å²) in [6, 6.07) is 12.4. The predicted octanol–water partition coefficient (Wildman–Crippen LogP) is 3.54. The molecule has 1 aromatic heterocycles. The Morgan fingerprint density at radius 1 is 0.963 bits per heavy atom. The minimum atomic E-state index is 0.130. The van der Waals surface area contributed by atoms with Crippen LogP contribution in [-0.4, -0.2) is 58.1 Å². The summed E-state index contributed by atoms with van der Waals surface area (Å²) in [5, 5.41) is 8.38. The first-order chi connectivity index (χ1) is 13.2. The second kappa shape index (κ2) is 8.17. The first kappa shape index (κ1) is 18.1. The molecule has 0 atom stereocenters. The number of aryl methyl sites for hydroxylation is 1. The summed E-state index contributed by atoms with van der Waals surface area (Å²) in [6.45, 7) is 5.71. The van der Waals surface area contributed by atoms with Crippen LogP contribution in [0.15, 0.2) is 36.4 Å². The number of benzene rings is 1. The van der Waals surface area contributed by atoms with Gasteiger partial charge < -0.3 is 4.90 Å². The molecule has 2 aliphatic rings. The summed E-state index contributed by atoms with van der Waals surface area (Å²) in [4.78, 5) is 17.7. The van der Waals surface area contributed by atoms with Crippen LogP contribution in [0.4, 0.5) is 0 Å². The Kier molecular flexibility index (Phi) is 5.48. The fourth-order valence-electron chi connectivity index (χ4n) is 4.32. The van der Waals surface area contributed by atoms with E-state index in [-0.39, 0.29) is 5.91 Å². The van der Waals surface area contributed by atoms with Crippen molar-refractivity contribution in [2.45, 2.75) is 45.1 Å². The van der Waals surface area contributed by atoms with E-state index in [0.717, 1.165) is 61.2 Å². The first-order valence-electron chi connectivity index (χ1n) is 10.1. The van der Waals surface area contributed by atoms with Crippen LogP contribution in [-0.2, 0) is 0 Å². The van der Waals surface area contributed by atoms with Crippen molar-refractivity contribution in [3.8, 4) is 11.3 Å². The summed E-state index contributed by atoms with van der Waals surface area (Å²) in [7, 11) is 0. The lowest BCUT2D eigenvalue weighted by Crippen LogP contribution is -2.38. The zero-order chi connectivity index (χ0) is 18.6. The predicted molar refractivity (Wildman–Crippen MR) is 107 cm³/mol. The van der Waals surface area contributed by atoms with Gasteiger partial charge in [0.25, 0.3) is 5.91 Å². The molecule has 1 saturated heterocycles. The monoisotopic (exact) mass is 364 g/mol. The highest BCUT2D eigenvalue weighted by atomic mass is 16.2. The molecular formula is C22H28N4O. The van der Waals surface area contributed by atoms with Gasteiger partial charge in [0.15, 0.2) is 0 Å². The average molecular weight is 364 g/mol. The molecule has 1 aliphatic carbocycles. The Morgan fingerprint density at radius 3 is 2.59 bits per heavy atom. The maximum absolute atomic E-state index is 13.1. The number of hydrogen-bond donors (Lipinski definition) is 0. The van der Waals surface area contributed by atoms with E-state index in [1.807, 2.05) is 48.2 Å². The minimum Gasteiger partial charge on any atom is -0.337 e. The summed E-state index contributed by atoms with van der Waals surface area (Å²) in [5.74, 6) is 0.130. The SMILES string of the molecule is Cc1ccc(-c2cccc(C(=O)N3CCCN(C4CCCC4)CC3)c2)nn1. The van der Waals surface area contributed by atoms with Crippen LogP contribution >= 0.6 is 0 Å². The largest absolute Gasteiger partial charge is 0.337 e. The molecule has 0 spiro atoms. The van der Waals surface area contributed by atoms with Crippen LogP contribution < -0.4 is 0 Å². The molecule has 2 heterocycles. The summed E-state index contributed by atoms with van der Waals surface area (Å²) < 4.78 is 0. The number of aromatic nitrogens is 2. The standard InChI is InChI=1S/C22H28N4O/c1-17-10-11-21(24-23-17)18-6-4-7-19(16-18)22(27)26-13-5-12-25(14-15-26)20-8-2-3-9-20/h4,6-7,10-11,16,20H,2-3,5,8-9,12-15H2,1H3. The Balaban J connectivity index is 1.46. The van der Waals surface area contributed by atoms with Gasteiger partial charge >= 0.3 is 0 Å². The number of hydrogen-bond acceptors (Lipinski definition) is 4. The van der Waals surface area contributed by atoms with Crippen LogP contribution in [0.2, 0.25) is 0 Å². The molecule has 0 unspecified atom stereocenters. The smallest absolute Gasteiger partial charge is 0.253 e. The molecule has 0 radical (unpaired) electrons. The van der Waals surface area contributed by atoms with Crippen LogP contribution in [0.1, 0.15) is 48.2 Å². The summed E-state index contributed by atoms with van der Waals surface area (Å²) >= 11 is 0. The molecule has 2 fully saturated rings. The Morgan fingerprint density at radius 2 is 1.81 bits per heavy atom. The molecule has 27 heavy (non-hydrogen) atoms. The van der Waals surface area contributed by atoms with Crippen LogP contribution in [0.5, 0.6) is 0 Å². The van der Waals surface area contributed by atoms with Crippen molar-refractivity contribution in [2.75, 3.05) is 26.2 Å². The fraction of sp³-hybridized carbons (Fsp3) is 0.500. The maximum Gasteiger partial charge on any atom is 0.253 e. The lowest BCUT2D eigenvalue weighted by molar-refractivity contribution is 0.0758. The van der Waals surface area contributed by atoms with Crippen LogP contribution in [0.3, 0.4) is 0 Å². The number of rotatable bonds is 3. The van der Waals surface area contributed by atoms with E-state index < -0.39 is 0 Å². The molecule has 2 aromatic rings. The molecule has 5 nitrogen and oxygen atoms in total. The van der Waals surface area contributed by atoms with Gasteiger partial charge in [-0.15, -0.1) is 0 Å². The molecule has 1 saturated carbocycles. The van der Waals surface area contributed by atoms with Gasteiger partial charge in [0, 0.05) is 43.3 Å². The average Bonchev–Trinajstić information content (AvgIpc) is 3.13. The minimum absolute atomic E-state index is 0.130. The topological polar surface area (TPSA) is 49.3 Å². The second-order valence-corrected chi connectivity index (χ2v) is 7.76. The normalized spacial score (nSPS) is 19.2. The molecule has 1 aliphatic heterocycles. The maximum atomic E-state index is 13.1. The van der Waals surface area contributed by atoms with Crippen LogP contribution in [0, 0.1) is 6.92 Å². The van der Waals surface area contributed by atoms with E-state index in [4.69, 9.17) is 0 Å². The van der Waals surface area contributed by atoms with Crippen molar-refractivity contribution < 1.29 is 4.79 Å². The number of nitrogens with zero attached hydrogens (tertiary/aromatic N) is 4. The Hall–Kier alpha value is -2.27. The van der Waals surface area contributed by atoms with E-state index in [1.165, 1.54) is 25.7 Å². The van der Waals surface area contributed by atoms with Gasteiger partial charge in [-0.1, -0.05) is 25.0 Å². The summed E-state index contributed by atoms with van der Waals surface area (Å²) in [6.07, 6.45) is 6.43. The zero-order valence-electron chi connectivity index (χ0n) is 16.1. The second-order valence-electron chi connectivity index (χ2n) is 7.76. The highest BCUT2D eigenvalue weighted by Gasteiger charge is 2.26. The molecule has 1 amide bonds. The third kappa shape index (κ3) is 4.19. The van der Waals surface area contributed by atoms with Gasteiger partial charge in [-0.2, -0.15) is 10.2 Å². The van der Waals surface area contributed by atoms with E-state index in [0.29, 0.717) is 0 Å². The number of amides is 1. The number of carbonyl (C=O) groups is 1. The van der Waals surface area contributed by atoms with E-state index in [1.54, 1.807) is 0 Å². The van der Waals surface area contributed by atoms with E-state index in [9.17, 15) is 4.79 Å². The lowest BCUT2D eigenvalue weighted by atomic mass is 10.1. The highest BCUT2D eigenvalue weighted by Crippen LogP contribution is 2.25. The van der Waals surface area contributed by atoms with Crippen LogP contribution in [0.25, 0.3) is 11.3 Å². The first-order valence-corrected chi connectivity index (χ1v) is 10.1. The third-order valence-corrected chi connectivity index (χ3v) is 5.86. The van der Waals surface area contributed by atoms with Crippen molar-refractivity contribution in [1.29, 1.82) is 0 Å². The quantitative estimate of drug-likeness (QED) is 0.836. The molecule has 1 aromatic carbocycles. The fourth-order valence-corrected chi connectivity index (χ4v) is 4.32. The van der Waals surface area contributed by atoms with E-state index in [2.05, 4.69) is 15.1 Å². The van der Waals surface area contributed by atoms with Gasteiger partial charge in [-0.25, -0.2) is 0 Å². The zero-order valence-corrected chi connectivity index (χ0v) is 16.1. The van der Waals surface area contributed by atoms with Gasteiger partial charge in [0.1, 0.15) is 0 Å². The molecule has 0 bridgehead atoms. The Bertz CT molecular complexity index is 783. The van der Waals surface area contributed by atoms with Crippen molar-refractivity contribution in [3.63, 3.8) is 0 Å². The summed E-state index contributed by atoms with van der Waals surface area (Å²) in [5.41, 5.74) is 3.38. The number of carbonyl (C=O) groups excluding carboxylic acids is 1. The van der Waals surface area contributed by atoms with Gasteiger partial charge in [0.05, 0.1) is 11.4 Å². The Labute approximate surface area is 161 Å². The van der Waals surface area contributed by atoms with Gasteiger partial charge in [-0.3, -0.25) is 9.69 Å². The van der Waals surface area contributed by atoms with Crippen molar-refractivity contribution >= 4 is 5.91 Å². The molecular weight excluding hydrogens is 336 g/mol. The van der Waals surface area contributed by atoms with Crippen molar-refractivity contribution in [3.05, 3.63) is 47.7 Å². The van der Waals surface area contributed by atoms with Crippen molar-refractivity contribution in [2.24, 2.45) is 0 Å². The van der Waals surface area contributed by atoms with Gasteiger partial charge in [0.2, 0.25) is 0 Å². The van der Waals surface area contributed by atoms with E-state index >= 15 is 0 Å². The van der Waals surface area contributed by atoms with Crippen molar-refractivity contribution in [1.82, 2.24) is 20.0 Å². The molecule has 0 N–H and O–H groups in total.